The van der Waals surface area contributed by atoms with E-state index in [0.29, 0.717) is 0 Å². The summed E-state index contributed by atoms with van der Waals surface area (Å²) in [6, 6.07) is 0. The Balaban J connectivity index is 2.69. The molecule has 0 aliphatic carbocycles. The first-order valence-corrected chi connectivity index (χ1v) is 4.41. The van der Waals surface area contributed by atoms with Crippen molar-refractivity contribution in [2.45, 2.75) is 37.7 Å². The Labute approximate surface area is 85.2 Å². The maximum absolute atomic E-state index is 13.3. The first-order chi connectivity index (χ1) is 6.97. The minimum atomic E-state index is -2.04. The standard InChI is InChI=1S/C8H13FO6/c1-3(11)14-8-5(9)7(13)6(12)4(2-10)15-8/h4-8,10,12-13H,2H2,1H3/t4?,5?,6-,7-,8-/m1/s1/i9-1. The van der Waals surface area contributed by atoms with Crippen LogP contribution in [0.4, 0.5) is 4.39 Å². The van der Waals surface area contributed by atoms with Gasteiger partial charge >= 0.3 is 5.97 Å². The van der Waals surface area contributed by atoms with Crippen LogP contribution in [0.25, 0.3) is 0 Å². The summed E-state index contributed by atoms with van der Waals surface area (Å²) in [6.45, 7) is 0.449. The zero-order valence-corrected chi connectivity index (χ0v) is 8.04. The Morgan fingerprint density at radius 3 is 2.53 bits per heavy atom. The third-order valence-electron chi connectivity index (χ3n) is 2.09. The third-order valence-corrected chi connectivity index (χ3v) is 2.09. The van der Waals surface area contributed by atoms with Crippen molar-refractivity contribution in [1.82, 2.24) is 0 Å². The molecule has 6 nitrogen and oxygen atoms in total. The van der Waals surface area contributed by atoms with Gasteiger partial charge in [0.25, 0.3) is 0 Å². The Hall–Kier alpha value is -0.760. The molecular weight excluding hydrogens is 210 g/mol. The Bertz CT molecular complexity index is 233. The van der Waals surface area contributed by atoms with Crippen LogP contribution in [0.3, 0.4) is 0 Å². The molecule has 0 saturated carbocycles. The first kappa shape index (κ1) is 12.3. The number of esters is 1. The van der Waals surface area contributed by atoms with Crippen molar-refractivity contribution in [3.05, 3.63) is 0 Å². The summed E-state index contributed by atoms with van der Waals surface area (Å²) >= 11 is 0. The molecule has 0 radical (unpaired) electrons. The van der Waals surface area contributed by atoms with Crippen LogP contribution in [0.15, 0.2) is 0 Å². The molecule has 0 aromatic heterocycles. The van der Waals surface area contributed by atoms with E-state index in [0.717, 1.165) is 6.92 Å². The number of carbonyl (C=O) groups excluding carboxylic acids is 1. The summed E-state index contributed by atoms with van der Waals surface area (Å²) in [5, 5.41) is 27.2. The van der Waals surface area contributed by atoms with Crippen molar-refractivity contribution < 1.29 is 34.0 Å². The number of alkyl halides is 1. The predicted octanol–water partition coefficient (Wildman–Crippen LogP) is -1.67. The second kappa shape index (κ2) is 4.84. The van der Waals surface area contributed by atoms with E-state index in [9.17, 15) is 19.4 Å². The van der Waals surface area contributed by atoms with Crippen LogP contribution in [-0.4, -0.2) is 58.7 Å². The molecule has 0 aromatic carbocycles. The number of hydrogen-bond acceptors (Lipinski definition) is 6. The van der Waals surface area contributed by atoms with E-state index in [1.807, 2.05) is 0 Å². The van der Waals surface area contributed by atoms with E-state index in [1.54, 1.807) is 0 Å². The van der Waals surface area contributed by atoms with E-state index in [2.05, 4.69) is 4.74 Å². The molecule has 88 valence electrons. The lowest BCUT2D eigenvalue weighted by Gasteiger charge is -2.37. The Morgan fingerprint density at radius 2 is 2.07 bits per heavy atom. The first-order valence-electron chi connectivity index (χ1n) is 4.41. The number of rotatable bonds is 2. The molecule has 15 heavy (non-hydrogen) atoms. The minimum Gasteiger partial charge on any atom is -0.433 e. The monoisotopic (exact) mass is 223 g/mol. The average Bonchev–Trinajstić information content (AvgIpc) is 2.18. The highest BCUT2D eigenvalue weighted by Gasteiger charge is 2.46. The molecule has 2 unspecified atom stereocenters. The number of hydrogen-bond donors (Lipinski definition) is 3. The van der Waals surface area contributed by atoms with Crippen molar-refractivity contribution in [3.8, 4) is 0 Å². The number of aliphatic hydroxyl groups is 3. The summed E-state index contributed by atoms with van der Waals surface area (Å²) in [7, 11) is 0. The van der Waals surface area contributed by atoms with E-state index in [4.69, 9.17) is 9.84 Å². The molecule has 0 amide bonds. The summed E-state index contributed by atoms with van der Waals surface area (Å²) in [6.07, 6.45) is -8.10. The normalized spacial score (nSPS) is 41.3. The van der Waals surface area contributed by atoms with E-state index in [-0.39, 0.29) is 0 Å². The molecule has 1 heterocycles. The molecule has 0 aromatic rings. The maximum Gasteiger partial charge on any atom is 0.305 e. The molecular formula is C8H13FO6. The number of aliphatic hydroxyl groups excluding tert-OH is 3. The molecule has 0 bridgehead atoms. The second-order valence-electron chi connectivity index (χ2n) is 3.26. The second-order valence-corrected chi connectivity index (χ2v) is 3.26. The van der Waals surface area contributed by atoms with Crippen LogP contribution >= 0.6 is 0 Å². The van der Waals surface area contributed by atoms with Crippen LogP contribution in [0.2, 0.25) is 0 Å². The highest BCUT2D eigenvalue weighted by Crippen LogP contribution is 2.24. The van der Waals surface area contributed by atoms with Gasteiger partial charge in [0.2, 0.25) is 6.29 Å². The topological polar surface area (TPSA) is 96.2 Å². The fraction of sp³-hybridized carbons (Fsp3) is 0.875. The van der Waals surface area contributed by atoms with Gasteiger partial charge in [-0.2, -0.15) is 0 Å². The van der Waals surface area contributed by atoms with Gasteiger partial charge in [-0.15, -0.1) is 0 Å². The Morgan fingerprint density at radius 1 is 1.47 bits per heavy atom. The zero-order chi connectivity index (χ0) is 11.6. The van der Waals surface area contributed by atoms with Crippen LogP contribution in [0.1, 0.15) is 6.92 Å². The molecule has 1 rings (SSSR count). The fourth-order valence-electron chi connectivity index (χ4n) is 1.30. The van der Waals surface area contributed by atoms with Crippen molar-refractivity contribution in [2.75, 3.05) is 6.61 Å². The van der Waals surface area contributed by atoms with Gasteiger partial charge in [-0.1, -0.05) is 0 Å². The Kier molecular flexibility index (Phi) is 3.97. The molecule has 1 aliphatic rings. The maximum atomic E-state index is 13.3. The van der Waals surface area contributed by atoms with Crippen molar-refractivity contribution in [1.29, 1.82) is 0 Å². The van der Waals surface area contributed by atoms with Crippen LogP contribution in [0, 0.1) is 0 Å². The van der Waals surface area contributed by atoms with Crippen molar-refractivity contribution in [2.24, 2.45) is 0 Å². The lowest BCUT2D eigenvalue weighted by atomic mass is 10.0. The van der Waals surface area contributed by atoms with Gasteiger partial charge in [-0.05, 0) is 0 Å². The van der Waals surface area contributed by atoms with E-state index < -0.39 is 43.3 Å². The predicted molar refractivity (Wildman–Crippen MR) is 44.4 cm³/mol. The van der Waals surface area contributed by atoms with Gasteiger partial charge in [0.1, 0.15) is 18.3 Å². The lowest BCUT2D eigenvalue weighted by Crippen LogP contribution is -2.57. The van der Waals surface area contributed by atoms with Gasteiger partial charge in [-0.25, -0.2) is 4.39 Å². The fourth-order valence-corrected chi connectivity index (χ4v) is 1.30. The molecule has 1 saturated heterocycles. The molecule has 0 spiro atoms. The minimum absolute atomic E-state index is 0.608. The van der Waals surface area contributed by atoms with Crippen molar-refractivity contribution in [3.63, 3.8) is 0 Å². The van der Waals surface area contributed by atoms with Gasteiger partial charge < -0.3 is 24.8 Å². The van der Waals surface area contributed by atoms with Gasteiger partial charge in [0, 0.05) is 6.92 Å². The summed E-state index contributed by atoms with van der Waals surface area (Å²) in [5.41, 5.74) is 0. The van der Waals surface area contributed by atoms with Crippen LogP contribution in [-0.2, 0) is 14.3 Å². The number of halogens is 1. The SMILES string of the molecule is CC(=O)O[C@@H]1OC(CO)[C@@H](O)[C@H](O)C1[18F]. The quantitative estimate of drug-likeness (QED) is 0.484. The van der Waals surface area contributed by atoms with Gasteiger partial charge in [0.05, 0.1) is 6.61 Å². The largest absolute Gasteiger partial charge is 0.433 e. The third kappa shape index (κ3) is 2.63. The molecule has 5 atom stereocenters. The van der Waals surface area contributed by atoms with Crippen LogP contribution < -0.4 is 0 Å². The van der Waals surface area contributed by atoms with Gasteiger partial charge in [-0.3, -0.25) is 4.79 Å². The van der Waals surface area contributed by atoms with Gasteiger partial charge in [0.15, 0.2) is 6.17 Å². The molecule has 7 heteroatoms. The lowest BCUT2D eigenvalue weighted by molar-refractivity contribution is -0.278. The summed E-state index contributed by atoms with van der Waals surface area (Å²) in [5.74, 6) is -0.775. The highest BCUT2D eigenvalue weighted by atomic mass is 18.2. The summed E-state index contributed by atoms with van der Waals surface area (Å²) < 4.78 is 22.5. The van der Waals surface area contributed by atoms with Crippen molar-refractivity contribution >= 4 is 5.97 Å². The average molecular weight is 223 g/mol. The van der Waals surface area contributed by atoms with E-state index in [1.165, 1.54) is 0 Å². The number of carbonyl (C=O) groups is 1. The zero-order valence-electron chi connectivity index (χ0n) is 8.04. The van der Waals surface area contributed by atoms with Crippen LogP contribution in [0.5, 0.6) is 0 Å². The molecule has 1 aliphatic heterocycles. The highest BCUT2D eigenvalue weighted by molar-refractivity contribution is 5.66. The smallest absolute Gasteiger partial charge is 0.305 e. The van der Waals surface area contributed by atoms with E-state index >= 15 is 0 Å². The summed E-state index contributed by atoms with van der Waals surface area (Å²) in [4.78, 5) is 10.6. The molecule has 3 N–H and O–H groups in total. The number of ether oxygens (including phenoxy) is 2. The molecule has 1 fully saturated rings.